The summed E-state index contributed by atoms with van der Waals surface area (Å²) in [5.41, 5.74) is 1.09. The number of thiophene rings is 1. The molecule has 0 aliphatic heterocycles. The molecule has 0 radical (unpaired) electrons. The van der Waals surface area contributed by atoms with Crippen LogP contribution in [0.2, 0.25) is 0 Å². The van der Waals surface area contributed by atoms with E-state index in [4.69, 9.17) is 4.74 Å². The Bertz CT molecular complexity index is 786. The van der Waals surface area contributed by atoms with Crippen LogP contribution in [0.4, 0.5) is 0 Å². The number of carbonyl (C=O) groups is 1. The molecule has 128 valence electrons. The van der Waals surface area contributed by atoms with Gasteiger partial charge in [0.25, 0.3) is 0 Å². The minimum atomic E-state index is -0.106. The summed E-state index contributed by atoms with van der Waals surface area (Å²) in [5, 5.41) is 5.19. The van der Waals surface area contributed by atoms with Gasteiger partial charge in [-0.3, -0.25) is 4.79 Å². The second kappa shape index (κ2) is 8.74. The lowest BCUT2D eigenvalue weighted by Crippen LogP contribution is -2.30. The fraction of sp³-hybridized carbons (Fsp3) is 0.150. The fourth-order valence-electron chi connectivity index (χ4n) is 2.44. The highest BCUT2D eigenvalue weighted by Crippen LogP contribution is 2.27. The lowest BCUT2D eigenvalue weighted by atomic mass is 10.1. The number of hydrogen-bond donors (Lipinski definition) is 1. The number of carbonyl (C=O) groups excluding carboxylic acids is 1. The van der Waals surface area contributed by atoms with E-state index in [-0.39, 0.29) is 11.9 Å². The zero-order chi connectivity index (χ0) is 17.5. The molecule has 1 aromatic heterocycles. The van der Waals surface area contributed by atoms with Gasteiger partial charge in [-0.05, 0) is 41.3 Å². The van der Waals surface area contributed by atoms with Crippen molar-refractivity contribution in [2.75, 3.05) is 12.9 Å². The van der Waals surface area contributed by atoms with Gasteiger partial charge in [0, 0.05) is 9.77 Å². The van der Waals surface area contributed by atoms with Gasteiger partial charge in [0.05, 0.1) is 18.9 Å². The molecule has 0 aliphatic carbocycles. The van der Waals surface area contributed by atoms with Gasteiger partial charge >= 0.3 is 0 Å². The summed E-state index contributed by atoms with van der Waals surface area (Å²) < 4.78 is 5.15. The molecule has 0 spiro atoms. The van der Waals surface area contributed by atoms with Crippen LogP contribution < -0.4 is 10.1 Å². The van der Waals surface area contributed by atoms with Crippen LogP contribution in [-0.2, 0) is 4.79 Å². The highest BCUT2D eigenvalue weighted by atomic mass is 32.2. The quantitative estimate of drug-likeness (QED) is 0.611. The maximum Gasteiger partial charge on any atom is 0.231 e. The smallest absolute Gasteiger partial charge is 0.231 e. The third-order valence-corrected chi connectivity index (χ3v) is 5.64. The predicted molar refractivity (Wildman–Crippen MR) is 104 cm³/mol. The number of ether oxygens (including phenoxy) is 1. The monoisotopic (exact) mass is 369 g/mol. The second-order valence-corrected chi connectivity index (χ2v) is 7.42. The first-order valence-electron chi connectivity index (χ1n) is 7.91. The molecule has 3 rings (SSSR count). The topological polar surface area (TPSA) is 38.3 Å². The van der Waals surface area contributed by atoms with Crippen LogP contribution in [0.25, 0.3) is 0 Å². The van der Waals surface area contributed by atoms with Crippen molar-refractivity contribution in [1.29, 1.82) is 0 Å². The van der Waals surface area contributed by atoms with Crippen LogP contribution in [0.1, 0.15) is 16.5 Å². The largest absolute Gasteiger partial charge is 0.497 e. The normalized spacial score (nSPS) is 11.7. The van der Waals surface area contributed by atoms with Gasteiger partial charge in [-0.2, -0.15) is 0 Å². The van der Waals surface area contributed by atoms with Crippen LogP contribution in [0, 0.1) is 0 Å². The van der Waals surface area contributed by atoms with E-state index in [1.165, 1.54) is 11.8 Å². The highest BCUT2D eigenvalue weighted by Gasteiger charge is 2.17. The van der Waals surface area contributed by atoms with E-state index in [0.717, 1.165) is 21.1 Å². The molecule has 5 heteroatoms. The third kappa shape index (κ3) is 4.87. The van der Waals surface area contributed by atoms with Gasteiger partial charge in [0.2, 0.25) is 5.91 Å². The van der Waals surface area contributed by atoms with Crippen LogP contribution in [0.15, 0.2) is 77.0 Å². The summed E-state index contributed by atoms with van der Waals surface area (Å²) >= 11 is 3.17. The molecular formula is C20H19NO2S2. The van der Waals surface area contributed by atoms with Crippen molar-refractivity contribution in [3.63, 3.8) is 0 Å². The number of amides is 1. The van der Waals surface area contributed by atoms with Gasteiger partial charge in [0.15, 0.2) is 0 Å². The fourth-order valence-corrected chi connectivity index (χ4v) is 3.96. The molecule has 0 saturated carbocycles. The van der Waals surface area contributed by atoms with Gasteiger partial charge in [-0.1, -0.05) is 36.4 Å². The molecule has 0 saturated heterocycles. The van der Waals surface area contributed by atoms with E-state index >= 15 is 0 Å². The Morgan fingerprint density at radius 3 is 2.48 bits per heavy atom. The Hall–Kier alpha value is -2.24. The first-order valence-corrected chi connectivity index (χ1v) is 9.77. The molecule has 1 amide bonds. The van der Waals surface area contributed by atoms with Gasteiger partial charge in [-0.15, -0.1) is 23.1 Å². The number of methoxy groups -OCH3 is 1. The summed E-state index contributed by atoms with van der Waals surface area (Å²) in [6, 6.07) is 21.7. The second-order valence-electron chi connectivity index (χ2n) is 5.39. The standard InChI is InChI=1S/C20H19NO2S2/c1-23-16-9-11-17(12-10-16)25-14-19(22)21-20(18-8-5-13-24-18)15-6-3-2-4-7-15/h2-13,20H,14H2,1H3,(H,21,22)/t20-/m1/s1. The molecule has 0 aliphatic rings. The van der Waals surface area contributed by atoms with Gasteiger partial charge in [-0.25, -0.2) is 0 Å². The molecule has 0 fully saturated rings. The molecule has 25 heavy (non-hydrogen) atoms. The molecule has 0 unspecified atom stereocenters. The first-order chi connectivity index (χ1) is 12.3. The molecule has 0 bridgehead atoms. The van der Waals surface area contributed by atoms with Crippen molar-refractivity contribution < 1.29 is 9.53 Å². The summed E-state index contributed by atoms with van der Waals surface area (Å²) in [4.78, 5) is 14.6. The van der Waals surface area contributed by atoms with Crippen molar-refractivity contribution >= 4 is 29.0 Å². The maximum atomic E-state index is 12.5. The minimum absolute atomic E-state index is 0.0167. The van der Waals surface area contributed by atoms with Crippen molar-refractivity contribution in [3.8, 4) is 5.75 Å². The molecular weight excluding hydrogens is 350 g/mol. The van der Waals surface area contributed by atoms with Gasteiger partial charge < -0.3 is 10.1 Å². The third-order valence-electron chi connectivity index (χ3n) is 3.70. The molecule has 1 atom stereocenters. The van der Waals surface area contributed by atoms with Crippen LogP contribution >= 0.6 is 23.1 Å². The van der Waals surface area contributed by atoms with Crippen molar-refractivity contribution in [1.82, 2.24) is 5.32 Å². The van der Waals surface area contributed by atoms with E-state index in [9.17, 15) is 4.79 Å². The van der Waals surface area contributed by atoms with Crippen molar-refractivity contribution in [2.24, 2.45) is 0 Å². The summed E-state index contributed by atoms with van der Waals surface area (Å²) in [6.07, 6.45) is 0. The van der Waals surface area contributed by atoms with Crippen LogP contribution in [-0.4, -0.2) is 18.8 Å². The highest BCUT2D eigenvalue weighted by molar-refractivity contribution is 8.00. The van der Waals surface area contributed by atoms with E-state index in [0.29, 0.717) is 5.75 Å². The lowest BCUT2D eigenvalue weighted by Gasteiger charge is -2.18. The van der Waals surface area contributed by atoms with E-state index in [2.05, 4.69) is 11.4 Å². The minimum Gasteiger partial charge on any atom is -0.497 e. The zero-order valence-electron chi connectivity index (χ0n) is 13.8. The number of rotatable bonds is 7. The average Bonchev–Trinajstić information content (AvgIpc) is 3.20. The molecule has 3 nitrogen and oxygen atoms in total. The Balaban J connectivity index is 1.64. The number of hydrogen-bond acceptors (Lipinski definition) is 4. The Morgan fingerprint density at radius 1 is 1.08 bits per heavy atom. The summed E-state index contributed by atoms with van der Waals surface area (Å²) in [6.45, 7) is 0. The van der Waals surface area contributed by atoms with E-state index in [1.54, 1.807) is 18.4 Å². The van der Waals surface area contributed by atoms with Crippen molar-refractivity contribution in [3.05, 3.63) is 82.6 Å². The average molecular weight is 370 g/mol. The SMILES string of the molecule is COc1ccc(SCC(=O)N[C@H](c2ccccc2)c2cccs2)cc1. The van der Waals surface area contributed by atoms with E-state index < -0.39 is 0 Å². The summed E-state index contributed by atoms with van der Waals surface area (Å²) in [5.74, 6) is 1.21. The number of benzene rings is 2. The maximum absolute atomic E-state index is 12.5. The molecule has 1 heterocycles. The van der Waals surface area contributed by atoms with Crippen LogP contribution in [0.3, 0.4) is 0 Å². The lowest BCUT2D eigenvalue weighted by molar-refractivity contribution is -0.119. The summed E-state index contributed by atoms with van der Waals surface area (Å²) in [7, 11) is 1.64. The first kappa shape index (κ1) is 17.6. The zero-order valence-corrected chi connectivity index (χ0v) is 15.5. The van der Waals surface area contributed by atoms with E-state index in [1.807, 2.05) is 66.0 Å². The van der Waals surface area contributed by atoms with Gasteiger partial charge in [0.1, 0.15) is 5.75 Å². The predicted octanol–water partition coefficient (Wildman–Crippen LogP) is 4.75. The number of thioether (sulfide) groups is 1. The molecule has 3 aromatic rings. The van der Waals surface area contributed by atoms with Crippen molar-refractivity contribution in [2.45, 2.75) is 10.9 Å². The Labute approximate surface area is 156 Å². The number of nitrogens with one attached hydrogen (secondary N) is 1. The Morgan fingerprint density at radius 2 is 1.84 bits per heavy atom. The van der Waals surface area contributed by atoms with Crippen LogP contribution in [0.5, 0.6) is 5.75 Å². The Kier molecular flexibility index (Phi) is 6.14. The molecule has 2 aromatic carbocycles. The molecule has 1 N–H and O–H groups in total.